The number of nitrogens with zero attached hydrogens (tertiary/aromatic N) is 1. The van der Waals surface area contributed by atoms with Gasteiger partial charge in [-0.05, 0) is 38.0 Å². The van der Waals surface area contributed by atoms with Crippen LogP contribution in [0.25, 0.3) is 0 Å². The summed E-state index contributed by atoms with van der Waals surface area (Å²) in [4.78, 5) is 12.9. The Morgan fingerprint density at radius 1 is 1.24 bits per heavy atom. The Bertz CT molecular complexity index is 578. The van der Waals surface area contributed by atoms with Gasteiger partial charge in [-0.2, -0.15) is 5.10 Å². The molecule has 1 aliphatic heterocycles. The van der Waals surface area contributed by atoms with E-state index in [0.29, 0.717) is 30.6 Å². The zero-order valence-electron chi connectivity index (χ0n) is 14.8. The van der Waals surface area contributed by atoms with E-state index in [9.17, 15) is 4.79 Å². The lowest BCUT2D eigenvalue weighted by Crippen LogP contribution is -2.50. The number of aromatic nitrogens is 2. The molecule has 0 radical (unpaired) electrons. The molecule has 0 unspecified atom stereocenters. The molecule has 3 fully saturated rings. The van der Waals surface area contributed by atoms with Crippen LogP contribution in [0.2, 0.25) is 0 Å². The number of hydrogen-bond acceptors (Lipinski definition) is 4. The number of amides is 1. The van der Waals surface area contributed by atoms with Crippen molar-refractivity contribution in [2.75, 3.05) is 19.8 Å². The van der Waals surface area contributed by atoms with Crippen molar-refractivity contribution in [3.63, 3.8) is 0 Å². The molecule has 1 aromatic rings. The summed E-state index contributed by atoms with van der Waals surface area (Å²) in [5, 5.41) is 10.4. The van der Waals surface area contributed by atoms with E-state index in [0.717, 1.165) is 31.6 Å². The minimum Gasteiger partial charge on any atom is -0.379 e. The number of aromatic amines is 1. The van der Waals surface area contributed by atoms with Crippen molar-refractivity contribution in [2.45, 2.75) is 69.4 Å². The summed E-state index contributed by atoms with van der Waals surface area (Å²) < 4.78 is 11.6. The number of hydrogen-bond donors (Lipinski definition) is 2. The second kappa shape index (κ2) is 7.87. The smallest absolute Gasteiger partial charge is 0.255 e. The Morgan fingerprint density at radius 2 is 2.08 bits per heavy atom. The van der Waals surface area contributed by atoms with E-state index in [2.05, 4.69) is 15.5 Å². The van der Waals surface area contributed by atoms with Gasteiger partial charge in [0.2, 0.25) is 0 Å². The van der Waals surface area contributed by atoms with Gasteiger partial charge < -0.3 is 14.8 Å². The Morgan fingerprint density at radius 3 is 2.88 bits per heavy atom. The summed E-state index contributed by atoms with van der Waals surface area (Å²) in [5.41, 5.74) is 1.72. The van der Waals surface area contributed by atoms with Gasteiger partial charge in [-0.1, -0.05) is 19.3 Å². The maximum atomic E-state index is 12.9. The average molecular weight is 347 g/mol. The lowest BCUT2D eigenvalue weighted by Gasteiger charge is -2.32. The fourth-order valence-electron chi connectivity index (χ4n) is 4.01. The molecule has 3 aliphatic rings. The maximum Gasteiger partial charge on any atom is 0.255 e. The van der Waals surface area contributed by atoms with Crippen molar-refractivity contribution in [1.29, 1.82) is 0 Å². The predicted octanol–water partition coefficient (Wildman–Crippen LogP) is 2.77. The van der Waals surface area contributed by atoms with E-state index in [1.54, 1.807) is 6.20 Å². The molecule has 2 atom stereocenters. The van der Waals surface area contributed by atoms with Crippen LogP contribution in [0, 0.1) is 5.92 Å². The van der Waals surface area contributed by atoms with E-state index in [1.165, 1.54) is 32.1 Å². The molecule has 1 amide bonds. The number of carbonyl (C=O) groups excluding carboxylic acids is 1. The van der Waals surface area contributed by atoms with Crippen LogP contribution in [0.5, 0.6) is 0 Å². The maximum absolute atomic E-state index is 12.9. The molecule has 0 bridgehead atoms. The van der Waals surface area contributed by atoms with Gasteiger partial charge in [0.1, 0.15) is 6.10 Å². The highest BCUT2D eigenvalue weighted by Gasteiger charge is 2.32. The first-order valence-corrected chi connectivity index (χ1v) is 9.84. The number of H-pyrrole nitrogens is 1. The zero-order valence-corrected chi connectivity index (χ0v) is 14.8. The van der Waals surface area contributed by atoms with Crippen LogP contribution in [0.1, 0.15) is 73.3 Å². The second-order valence-electron chi connectivity index (χ2n) is 7.79. The van der Waals surface area contributed by atoms with Crippen molar-refractivity contribution < 1.29 is 14.3 Å². The lowest BCUT2D eigenvalue weighted by molar-refractivity contribution is -0.0697. The SMILES string of the molecule is O=C(N[C@@H]1CCOC[C@H]1OCC1CC1)c1cn[nH]c1C1CCCCC1. The number of rotatable bonds is 6. The van der Waals surface area contributed by atoms with Gasteiger partial charge in [0, 0.05) is 19.1 Å². The Hall–Kier alpha value is -1.40. The molecular weight excluding hydrogens is 318 g/mol. The molecule has 0 aromatic carbocycles. The first kappa shape index (κ1) is 17.0. The van der Waals surface area contributed by atoms with Crippen LogP contribution < -0.4 is 5.32 Å². The van der Waals surface area contributed by atoms with Gasteiger partial charge in [-0.15, -0.1) is 0 Å². The van der Waals surface area contributed by atoms with Crippen LogP contribution in [0.3, 0.4) is 0 Å². The molecule has 138 valence electrons. The van der Waals surface area contributed by atoms with Crippen LogP contribution in [0.4, 0.5) is 0 Å². The molecule has 4 rings (SSSR count). The fourth-order valence-corrected chi connectivity index (χ4v) is 4.01. The van der Waals surface area contributed by atoms with Gasteiger partial charge in [0.15, 0.2) is 0 Å². The van der Waals surface area contributed by atoms with Crippen molar-refractivity contribution in [3.8, 4) is 0 Å². The summed E-state index contributed by atoms with van der Waals surface area (Å²) in [6.45, 7) is 2.03. The summed E-state index contributed by atoms with van der Waals surface area (Å²) in [5.74, 6) is 1.12. The van der Waals surface area contributed by atoms with E-state index >= 15 is 0 Å². The monoisotopic (exact) mass is 347 g/mol. The number of nitrogens with one attached hydrogen (secondary N) is 2. The fraction of sp³-hybridized carbons (Fsp3) is 0.789. The standard InChI is InChI=1S/C19H29N3O3/c23-19(15-10-20-22-18(15)14-4-2-1-3-5-14)21-16-8-9-24-12-17(16)25-11-13-6-7-13/h10,13-14,16-17H,1-9,11-12H2,(H,20,22)(H,21,23)/t16-,17-/m1/s1. The Kier molecular flexibility index (Phi) is 5.36. The predicted molar refractivity (Wildman–Crippen MR) is 93.6 cm³/mol. The van der Waals surface area contributed by atoms with Gasteiger partial charge in [0.05, 0.1) is 30.1 Å². The molecule has 2 N–H and O–H groups in total. The molecule has 2 heterocycles. The largest absolute Gasteiger partial charge is 0.379 e. The highest BCUT2D eigenvalue weighted by molar-refractivity contribution is 5.95. The minimum atomic E-state index is -0.0386. The Balaban J connectivity index is 1.39. The highest BCUT2D eigenvalue weighted by Crippen LogP contribution is 2.33. The molecule has 1 saturated heterocycles. The van der Waals surface area contributed by atoms with Gasteiger partial charge in [-0.25, -0.2) is 0 Å². The molecule has 6 heteroatoms. The second-order valence-corrected chi connectivity index (χ2v) is 7.79. The van der Waals surface area contributed by atoms with E-state index in [1.807, 2.05) is 0 Å². The van der Waals surface area contributed by atoms with Crippen LogP contribution in [0.15, 0.2) is 6.20 Å². The van der Waals surface area contributed by atoms with Crippen molar-refractivity contribution in [2.24, 2.45) is 5.92 Å². The normalized spacial score (nSPS) is 28.0. The van der Waals surface area contributed by atoms with Gasteiger partial charge >= 0.3 is 0 Å². The topological polar surface area (TPSA) is 76.2 Å². The van der Waals surface area contributed by atoms with Crippen LogP contribution in [-0.4, -0.2) is 48.1 Å². The van der Waals surface area contributed by atoms with Crippen LogP contribution >= 0.6 is 0 Å². The number of carbonyl (C=O) groups is 1. The van der Waals surface area contributed by atoms with Gasteiger partial charge in [0.25, 0.3) is 5.91 Å². The third-order valence-electron chi connectivity index (χ3n) is 5.79. The van der Waals surface area contributed by atoms with Crippen molar-refractivity contribution in [3.05, 3.63) is 17.5 Å². The van der Waals surface area contributed by atoms with Crippen LogP contribution in [-0.2, 0) is 9.47 Å². The quantitative estimate of drug-likeness (QED) is 0.830. The third kappa shape index (κ3) is 4.23. The van der Waals surface area contributed by atoms with Crippen molar-refractivity contribution >= 4 is 5.91 Å². The van der Waals surface area contributed by atoms with Gasteiger partial charge in [-0.3, -0.25) is 9.89 Å². The summed E-state index contributed by atoms with van der Waals surface area (Å²) in [6.07, 6.45) is 11.0. The summed E-state index contributed by atoms with van der Waals surface area (Å²) in [6, 6.07) is 0.0223. The first-order valence-electron chi connectivity index (χ1n) is 9.84. The molecule has 0 spiro atoms. The van der Waals surface area contributed by atoms with Crippen molar-refractivity contribution in [1.82, 2.24) is 15.5 Å². The third-order valence-corrected chi connectivity index (χ3v) is 5.79. The molecule has 2 saturated carbocycles. The summed E-state index contributed by atoms with van der Waals surface area (Å²) in [7, 11) is 0. The molecule has 25 heavy (non-hydrogen) atoms. The molecular formula is C19H29N3O3. The molecule has 1 aromatic heterocycles. The van der Waals surface area contributed by atoms with E-state index < -0.39 is 0 Å². The molecule has 6 nitrogen and oxygen atoms in total. The average Bonchev–Trinajstić information content (AvgIpc) is 3.35. The minimum absolute atomic E-state index is 0.0223. The molecule has 2 aliphatic carbocycles. The lowest BCUT2D eigenvalue weighted by atomic mass is 9.85. The zero-order chi connectivity index (χ0) is 17.1. The highest BCUT2D eigenvalue weighted by atomic mass is 16.5. The summed E-state index contributed by atoms with van der Waals surface area (Å²) >= 11 is 0. The van der Waals surface area contributed by atoms with E-state index in [-0.39, 0.29) is 18.1 Å². The first-order chi connectivity index (χ1) is 12.3. The van der Waals surface area contributed by atoms with E-state index in [4.69, 9.17) is 9.47 Å². The Labute approximate surface area is 149 Å². The number of ether oxygens (including phenoxy) is 2.